The Morgan fingerprint density at radius 3 is 2.40 bits per heavy atom. The maximum Gasteiger partial charge on any atom is 0.189 e. The van der Waals surface area contributed by atoms with E-state index in [0.29, 0.717) is 22.2 Å². The molecule has 1 aromatic carbocycles. The lowest BCUT2D eigenvalue weighted by Gasteiger charge is -2.16. The first-order chi connectivity index (χ1) is 9.34. The van der Waals surface area contributed by atoms with Gasteiger partial charge >= 0.3 is 0 Å². The molecule has 0 amide bonds. The van der Waals surface area contributed by atoms with E-state index in [4.69, 9.17) is 21.9 Å². The second-order valence-corrected chi connectivity index (χ2v) is 11.0. The van der Waals surface area contributed by atoms with Crippen LogP contribution in [0.4, 0.5) is 5.69 Å². The second-order valence-electron chi connectivity index (χ2n) is 5.58. The monoisotopic (exact) mass is 304 g/mol. The summed E-state index contributed by atoms with van der Waals surface area (Å²) in [6, 6.07) is 7.33. The fourth-order valence-corrected chi connectivity index (χ4v) is 3.50. The molecule has 0 aliphatic carbocycles. The SMILES string of the molecule is C=C=C(c1onc(-c2ccc(Cl)cc2)c1N)[Si](C)(C)C. The molecule has 2 N–H and O–H groups in total. The summed E-state index contributed by atoms with van der Waals surface area (Å²) in [7, 11) is -1.65. The maximum absolute atomic E-state index is 6.19. The number of nitrogen functional groups attached to an aromatic ring is 1. The van der Waals surface area contributed by atoms with E-state index in [1.54, 1.807) is 12.1 Å². The van der Waals surface area contributed by atoms with E-state index in [0.717, 1.165) is 10.8 Å². The van der Waals surface area contributed by atoms with Gasteiger partial charge in [-0.1, -0.05) is 55.1 Å². The molecular formula is C15H17ClN2OSi. The maximum atomic E-state index is 6.19. The molecule has 0 atom stereocenters. The summed E-state index contributed by atoms with van der Waals surface area (Å²) < 4.78 is 5.45. The minimum absolute atomic E-state index is 0.529. The topological polar surface area (TPSA) is 52.0 Å². The number of nitrogens with zero attached hydrogens (tertiary/aromatic N) is 1. The first kappa shape index (κ1) is 14.7. The average molecular weight is 305 g/mol. The van der Waals surface area contributed by atoms with Crippen LogP contribution in [0.3, 0.4) is 0 Å². The Hall–Kier alpha value is -1.74. The standard InChI is InChI=1S/C15H17ClN2OSi/c1-5-12(20(2,3)4)15-13(17)14(18-19-15)10-6-8-11(16)9-7-10/h6-9H,1,17H2,2-4H3. The van der Waals surface area contributed by atoms with E-state index in [2.05, 4.69) is 37.1 Å². The van der Waals surface area contributed by atoms with Crippen LogP contribution in [0.15, 0.2) is 41.1 Å². The lowest BCUT2D eigenvalue weighted by molar-refractivity contribution is 0.414. The predicted molar refractivity (Wildman–Crippen MR) is 87.3 cm³/mol. The van der Waals surface area contributed by atoms with Crippen molar-refractivity contribution < 1.29 is 4.52 Å². The van der Waals surface area contributed by atoms with Gasteiger partial charge in [0.15, 0.2) is 5.76 Å². The number of rotatable bonds is 3. The predicted octanol–water partition coefficient (Wildman–Crippen LogP) is 4.62. The molecule has 1 aromatic heterocycles. The molecule has 3 nitrogen and oxygen atoms in total. The summed E-state index contributed by atoms with van der Waals surface area (Å²) >= 11 is 5.88. The molecule has 0 bridgehead atoms. The Balaban J connectivity index is 2.52. The number of anilines is 1. The smallest absolute Gasteiger partial charge is 0.189 e. The fourth-order valence-electron chi connectivity index (χ4n) is 1.98. The molecule has 0 fully saturated rings. The molecule has 1 heterocycles. The summed E-state index contributed by atoms with van der Waals surface area (Å²) in [5, 5.41) is 5.71. The minimum atomic E-state index is -1.65. The van der Waals surface area contributed by atoms with Crippen LogP contribution in [0.1, 0.15) is 5.76 Å². The molecule has 0 radical (unpaired) electrons. The summed E-state index contributed by atoms with van der Waals surface area (Å²) in [5.74, 6) is 0.587. The molecule has 2 rings (SSSR count). The highest BCUT2D eigenvalue weighted by molar-refractivity contribution is 6.93. The number of aromatic nitrogens is 1. The van der Waals surface area contributed by atoms with Gasteiger partial charge in [0.1, 0.15) is 11.4 Å². The van der Waals surface area contributed by atoms with Crippen molar-refractivity contribution >= 4 is 30.6 Å². The van der Waals surface area contributed by atoms with E-state index in [9.17, 15) is 0 Å². The third kappa shape index (κ3) is 2.73. The zero-order valence-electron chi connectivity index (χ0n) is 11.8. The van der Waals surface area contributed by atoms with E-state index < -0.39 is 8.07 Å². The van der Waals surface area contributed by atoms with Crippen molar-refractivity contribution in [2.75, 3.05) is 5.73 Å². The lowest BCUT2D eigenvalue weighted by atomic mass is 10.1. The van der Waals surface area contributed by atoms with E-state index in [-0.39, 0.29) is 0 Å². The Kier molecular flexibility index (Phi) is 3.91. The lowest BCUT2D eigenvalue weighted by Crippen LogP contribution is -2.22. The van der Waals surface area contributed by atoms with Gasteiger partial charge in [-0.15, -0.1) is 5.73 Å². The van der Waals surface area contributed by atoms with Gasteiger partial charge in [0, 0.05) is 15.8 Å². The van der Waals surface area contributed by atoms with E-state index in [1.807, 2.05) is 12.1 Å². The minimum Gasteiger partial charge on any atom is -0.394 e. The van der Waals surface area contributed by atoms with Gasteiger partial charge < -0.3 is 10.3 Å². The molecule has 2 aromatic rings. The molecule has 0 unspecified atom stereocenters. The van der Waals surface area contributed by atoms with Gasteiger partial charge in [-0.3, -0.25) is 0 Å². The van der Waals surface area contributed by atoms with Crippen molar-refractivity contribution in [3.05, 3.63) is 47.4 Å². The molecular weight excluding hydrogens is 288 g/mol. The van der Waals surface area contributed by atoms with E-state index >= 15 is 0 Å². The van der Waals surface area contributed by atoms with E-state index in [1.165, 1.54) is 0 Å². The van der Waals surface area contributed by atoms with Crippen molar-refractivity contribution in [2.45, 2.75) is 19.6 Å². The van der Waals surface area contributed by atoms with Crippen LogP contribution in [0.2, 0.25) is 24.7 Å². The van der Waals surface area contributed by atoms with Crippen LogP contribution in [-0.2, 0) is 0 Å². The third-order valence-corrected chi connectivity index (χ3v) is 5.16. The Morgan fingerprint density at radius 2 is 1.90 bits per heavy atom. The van der Waals surface area contributed by atoms with Crippen molar-refractivity contribution in [1.82, 2.24) is 5.16 Å². The normalized spacial score (nSPS) is 11.2. The van der Waals surface area contributed by atoms with Crippen LogP contribution >= 0.6 is 11.6 Å². The summed E-state index contributed by atoms with van der Waals surface area (Å²) in [6.07, 6.45) is 0. The third-order valence-electron chi connectivity index (χ3n) is 3.00. The Morgan fingerprint density at radius 1 is 1.30 bits per heavy atom. The van der Waals surface area contributed by atoms with Crippen LogP contribution in [0.25, 0.3) is 16.5 Å². The summed E-state index contributed by atoms with van der Waals surface area (Å²) in [5.41, 5.74) is 11.2. The number of hydrogen-bond donors (Lipinski definition) is 1. The number of halogens is 1. The molecule has 104 valence electrons. The Labute approximate surface area is 124 Å². The van der Waals surface area contributed by atoms with Crippen molar-refractivity contribution in [2.24, 2.45) is 0 Å². The van der Waals surface area contributed by atoms with Gasteiger partial charge in [0.2, 0.25) is 0 Å². The zero-order valence-corrected chi connectivity index (χ0v) is 13.6. The van der Waals surface area contributed by atoms with Gasteiger partial charge in [-0.05, 0) is 12.1 Å². The number of nitrogens with two attached hydrogens (primary N) is 1. The molecule has 0 saturated carbocycles. The highest BCUT2D eigenvalue weighted by Gasteiger charge is 2.28. The largest absolute Gasteiger partial charge is 0.394 e. The van der Waals surface area contributed by atoms with Crippen LogP contribution in [0.5, 0.6) is 0 Å². The molecule has 5 heteroatoms. The zero-order chi connectivity index (χ0) is 14.9. The van der Waals surface area contributed by atoms with Crippen LogP contribution in [0, 0.1) is 0 Å². The first-order valence-electron chi connectivity index (χ1n) is 6.26. The van der Waals surface area contributed by atoms with Crippen molar-refractivity contribution in [1.29, 1.82) is 0 Å². The molecule has 0 aliphatic rings. The molecule has 0 spiro atoms. The summed E-state index contributed by atoms with van der Waals surface area (Å²) in [6.45, 7) is 10.3. The highest BCUT2D eigenvalue weighted by atomic mass is 35.5. The van der Waals surface area contributed by atoms with Crippen LogP contribution in [-0.4, -0.2) is 13.2 Å². The second kappa shape index (κ2) is 5.33. The van der Waals surface area contributed by atoms with Crippen molar-refractivity contribution in [3.8, 4) is 11.3 Å². The fraction of sp³-hybridized carbons (Fsp3) is 0.200. The quantitative estimate of drug-likeness (QED) is 0.665. The van der Waals surface area contributed by atoms with Gasteiger partial charge in [-0.25, -0.2) is 0 Å². The number of hydrogen-bond acceptors (Lipinski definition) is 3. The number of benzene rings is 1. The van der Waals surface area contributed by atoms with Gasteiger partial charge in [0.25, 0.3) is 0 Å². The Bertz CT molecular complexity index is 677. The van der Waals surface area contributed by atoms with Gasteiger partial charge in [0.05, 0.1) is 8.07 Å². The van der Waals surface area contributed by atoms with Crippen LogP contribution < -0.4 is 5.73 Å². The van der Waals surface area contributed by atoms with Crippen molar-refractivity contribution in [3.63, 3.8) is 0 Å². The molecule has 0 aliphatic heterocycles. The molecule has 0 saturated heterocycles. The van der Waals surface area contributed by atoms with Gasteiger partial charge in [-0.2, -0.15) is 0 Å². The molecule has 20 heavy (non-hydrogen) atoms. The summed E-state index contributed by atoms with van der Waals surface area (Å²) in [4.78, 5) is 0. The highest BCUT2D eigenvalue weighted by Crippen LogP contribution is 2.35. The average Bonchev–Trinajstić information content (AvgIpc) is 2.72. The first-order valence-corrected chi connectivity index (χ1v) is 10.1.